The lowest BCUT2D eigenvalue weighted by Crippen LogP contribution is -2.41. The number of nitrogens with zero attached hydrogens (tertiary/aromatic N) is 3. The maximum absolute atomic E-state index is 12.1. The van der Waals surface area contributed by atoms with Gasteiger partial charge in [-0.1, -0.05) is 0 Å². The Morgan fingerprint density at radius 3 is 2.79 bits per heavy atom. The summed E-state index contributed by atoms with van der Waals surface area (Å²) in [5, 5.41) is 10.2. The number of hydrogen-bond donors (Lipinski definition) is 2. The van der Waals surface area contributed by atoms with E-state index < -0.39 is 0 Å². The Labute approximate surface area is 142 Å². The van der Waals surface area contributed by atoms with E-state index in [1.54, 1.807) is 19.4 Å². The molecule has 2 rings (SSSR count). The molecule has 0 aliphatic rings. The predicted molar refractivity (Wildman–Crippen MR) is 92.0 cm³/mol. The molecule has 24 heavy (non-hydrogen) atoms. The number of nitrogens with one attached hydrogen (secondary N) is 2. The molecule has 1 unspecified atom stereocenters. The average molecular weight is 331 g/mol. The van der Waals surface area contributed by atoms with Gasteiger partial charge in [0.25, 0.3) is 0 Å². The van der Waals surface area contributed by atoms with E-state index in [4.69, 9.17) is 4.74 Å². The van der Waals surface area contributed by atoms with Crippen LogP contribution in [0.4, 0.5) is 4.79 Å². The van der Waals surface area contributed by atoms with Gasteiger partial charge >= 0.3 is 6.03 Å². The Morgan fingerprint density at radius 2 is 2.17 bits per heavy atom. The number of amides is 2. The zero-order valence-corrected chi connectivity index (χ0v) is 14.9. The maximum Gasteiger partial charge on any atom is 0.315 e. The molecule has 0 bridgehead atoms. The van der Waals surface area contributed by atoms with Crippen molar-refractivity contribution in [2.75, 3.05) is 7.11 Å². The van der Waals surface area contributed by atoms with Crippen LogP contribution in [0, 0.1) is 13.8 Å². The van der Waals surface area contributed by atoms with Gasteiger partial charge in [0, 0.05) is 37.6 Å². The second kappa shape index (κ2) is 7.81. The van der Waals surface area contributed by atoms with Gasteiger partial charge in [-0.25, -0.2) is 9.78 Å². The normalized spacial score (nSPS) is 11.9. The standard InChI is InChI=1S/C17H25N5O2/c1-11(8-15-12(2)21-22(4)13(15)3)20-17(23)19-10-14-6-7-18-16(9-14)24-5/h6-7,9,11H,8,10H2,1-5H3,(H2,19,20,23). The van der Waals surface area contributed by atoms with E-state index in [-0.39, 0.29) is 12.1 Å². The van der Waals surface area contributed by atoms with E-state index in [9.17, 15) is 4.79 Å². The van der Waals surface area contributed by atoms with Crippen molar-refractivity contribution in [1.29, 1.82) is 0 Å². The summed E-state index contributed by atoms with van der Waals surface area (Å²) in [6.45, 7) is 6.44. The Balaban J connectivity index is 1.85. The summed E-state index contributed by atoms with van der Waals surface area (Å²) in [5.41, 5.74) is 4.26. The highest BCUT2D eigenvalue weighted by molar-refractivity contribution is 5.74. The van der Waals surface area contributed by atoms with Crippen molar-refractivity contribution < 1.29 is 9.53 Å². The number of aromatic nitrogens is 3. The van der Waals surface area contributed by atoms with Gasteiger partial charge in [-0.3, -0.25) is 4.68 Å². The number of carbonyl (C=O) groups excluding carboxylic acids is 1. The molecular formula is C17H25N5O2. The zero-order chi connectivity index (χ0) is 17.7. The molecule has 130 valence electrons. The smallest absolute Gasteiger partial charge is 0.315 e. The largest absolute Gasteiger partial charge is 0.481 e. The van der Waals surface area contributed by atoms with Gasteiger partial charge in [-0.2, -0.15) is 5.10 Å². The highest BCUT2D eigenvalue weighted by Gasteiger charge is 2.14. The Morgan fingerprint density at radius 1 is 1.42 bits per heavy atom. The minimum absolute atomic E-state index is 0.0126. The van der Waals surface area contributed by atoms with Crippen molar-refractivity contribution in [1.82, 2.24) is 25.4 Å². The van der Waals surface area contributed by atoms with Crippen molar-refractivity contribution >= 4 is 6.03 Å². The number of aryl methyl sites for hydroxylation is 2. The summed E-state index contributed by atoms with van der Waals surface area (Å²) in [6.07, 6.45) is 2.41. The van der Waals surface area contributed by atoms with Crippen LogP contribution >= 0.6 is 0 Å². The third kappa shape index (κ3) is 4.47. The van der Waals surface area contributed by atoms with Crippen LogP contribution in [0.2, 0.25) is 0 Å². The molecule has 1 atom stereocenters. The minimum Gasteiger partial charge on any atom is -0.481 e. The first kappa shape index (κ1) is 17.8. The van der Waals surface area contributed by atoms with Crippen LogP contribution in [-0.2, 0) is 20.0 Å². The summed E-state index contributed by atoms with van der Waals surface area (Å²) < 4.78 is 6.94. The lowest BCUT2D eigenvalue weighted by Gasteiger charge is -2.15. The molecule has 0 saturated heterocycles. The highest BCUT2D eigenvalue weighted by Crippen LogP contribution is 2.14. The number of rotatable bonds is 6. The van der Waals surface area contributed by atoms with Crippen molar-refractivity contribution in [2.45, 2.75) is 39.8 Å². The predicted octanol–water partition coefficient (Wildman–Crippen LogP) is 1.87. The highest BCUT2D eigenvalue weighted by atomic mass is 16.5. The van der Waals surface area contributed by atoms with Gasteiger partial charge in [-0.05, 0) is 44.4 Å². The Hall–Kier alpha value is -2.57. The van der Waals surface area contributed by atoms with Crippen molar-refractivity contribution in [3.05, 3.63) is 40.8 Å². The molecule has 0 spiro atoms. The number of pyridine rings is 1. The lowest BCUT2D eigenvalue weighted by atomic mass is 10.1. The van der Waals surface area contributed by atoms with Crippen LogP contribution in [0.5, 0.6) is 5.88 Å². The fourth-order valence-corrected chi connectivity index (χ4v) is 2.60. The van der Waals surface area contributed by atoms with Gasteiger partial charge in [-0.15, -0.1) is 0 Å². The summed E-state index contributed by atoms with van der Waals surface area (Å²) >= 11 is 0. The van der Waals surface area contributed by atoms with Crippen molar-refractivity contribution in [2.24, 2.45) is 7.05 Å². The molecule has 2 heterocycles. The first-order chi connectivity index (χ1) is 11.4. The van der Waals surface area contributed by atoms with Crippen molar-refractivity contribution in [3.63, 3.8) is 0 Å². The van der Waals surface area contributed by atoms with Crippen LogP contribution < -0.4 is 15.4 Å². The molecule has 0 aromatic carbocycles. The number of ether oxygens (including phenoxy) is 1. The van der Waals surface area contributed by atoms with E-state index in [2.05, 4.69) is 20.7 Å². The molecule has 2 amide bonds. The topological polar surface area (TPSA) is 81.1 Å². The van der Waals surface area contributed by atoms with Gasteiger partial charge in [0.05, 0.1) is 12.8 Å². The molecule has 0 aliphatic heterocycles. The van der Waals surface area contributed by atoms with E-state index in [0.29, 0.717) is 12.4 Å². The SMILES string of the molecule is COc1cc(CNC(=O)NC(C)Cc2c(C)nn(C)c2C)ccn1. The van der Waals surface area contributed by atoms with Crippen molar-refractivity contribution in [3.8, 4) is 5.88 Å². The van der Waals surface area contributed by atoms with E-state index >= 15 is 0 Å². The lowest BCUT2D eigenvalue weighted by molar-refractivity contribution is 0.237. The number of urea groups is 1. The molecule has 0 fully saturated rings. The first-order valence-electron chi connectivity index (χ1n) is 7.93. The second-order valence-electron chi connectivity index (χ2n) is 5.91. The monoisotopic (exact) mass is 331 g/mol. The maximum atomic E-state index is 12.1. The number of carbonyl (C=O) groups is 1. The summed E-state index contributed by atoms with van der Waals surface area (Å²) in [5.74, 6) is 0.533. The average Bonchev–Trinajstić information content (AvgIpc) is 2.79. The van der Waals surface area contributed by atoms with Gasteiger partial charge in [0.1, 0.15) is 0 Å². The Bertz CT molecular complexity index is 711. The van der Waals surface area contributed by atoms with Gasteiger partial charge in [0.2, 0.25) is 5.88 Å². The van der Waals surface area contributed by atoms with Gasteiger partial charge < -0.3 is 15.4 Å². The Kier molecular flexibility index (Phi) is 5.78. The summed E-state index contributed by atoms with van der Waals surface area (Å²) in [4.78, 5) is 16.1. The second-order valence-corrected chi connectivity index (χ2v) is 5.91. The third-order valence-corrected chi connectivity index (χ3v) is 4.01. The fraction of sp³-hybridized carbons (Fsp3) is 0.471. The van der Waals surface area contributed by atoms with Gasteiger partial charge in [0.15, 0.2) is 0 Å². The van der Waals surface area contributed by atoms with E-state index in [1.165, 1.54) is 5.56 Å². The molecule has 0 radical (unpaired) electrons. The van der Waals surface area contributed by atoms with Crippen LogP contribution in [0.25, 0.3) is 0 Å². The fourth-order valence-electron chi connectivity index (χ4n) is 2.60. The van der Waals surface area contributed by atoms with Crippen LogP contribution in [0.15, 0.2) is 18.3 Å². The zero-order valence-electron chi connectivity index (χ0n) is 14.9. The van der Waals surface area contributed by atoms with Crippen LogP contribution in [0.3, 0.4) is 0 Å². The molecule has 2 aromatic rings. The molecule has 7 nitrogen and oxygen atoms in total. The van der Waals surface area contributed by atoms with E-state index in [0.717, 1.165) is 23.4 Å². The molecular weight excluding hydrogens is 306 g/mol. The molecule has 7 heteroatoms. The first-order valence-corrected chi connectivity index (χ1v) is 7.93. The van der Waals surface area contributed by atoms with Crippen LogP contribution in [-0.4, -0.2) is 33.9 Å². The number of hydrogen-bond acceptors (Lipinski definition) is 4. The summed E-state index contributed by atoms with van der Waals surface area (Å²) in [7, 11) is 3.50. The summed E-state index contributed by atoms with van der Waals surface area (Å²) in [6, 6.07) is 3.46. The third-order valence-electron chi connectivity index (χ3n) is 4.01. The molecule has 2 N–H and O–H groups in total. The molecule has 0 saturated carbocycles. The molecule has 2 aromatic heterocycles. The van der Waals surface area contributed by atoms with E-state index in [1.807, 2.05) is 38.6 Å². The van der Waals surface area contributed by atoms with Crippen LogP contribution in [0.1, 0.15) is 29.4 Å². The number of methoxy groups -OCH3 is 1. The minimum atomic E-state index is -0.197. The quantitative estimate of drug-likeness (QED) is 0.847. The molecule has 0 aliphatic carbocycles.